The summed E-state index contributed by atoms with van der Waals surface area (Å²) in [5, 5.41) is 7.65. The Morgan fingerprint density at radius 2 is 1.31 bits per heavy atom. The Kier molecular flexibility index (Phi) is 11.9. The second kappa shape index (κ2) is 15.6. The summed E-state index contributed by atoms with van der Waals surface area (Å²) in [4.78, 5) is 38.9. The lowest BCUT2D eigenvalue weighted by Gasteiger charge is -2.24. The average Bonchev–Trinajstić information content (AvgIpc) is 2.96. The van der Waals surface area contributed by atoms with Crippen molar-refractivity contribution >= 4 is 17.7 Å². The Balaban J connectivity index is 1.79. The molecular weight excluding hydrogens is 549 g/mol. The topological polar surface area (TPSA) is 123 Å². The monoisotopic (exact) mass is 584 g/mol. The quantitative estimate of drug-likeness (QED) is 0.231. The number of nitrogens with two attached hydrogens (primary N) is 1. The van der Waals surface area contributed by atoms with Crippen LogP contribution < -0.4 is 26.4 Å². The summed E-state index contributed by atoms with van der Waals surface area (Å²) < 4.78 is 44.1. The van der Waals surface area contributed by atoms with E-state index in [1.165, 1.54) is 0 Å². The fourth-order valence-corrected chi connectivity index (χ4v) is 4.20. The van der Waals surface area contributed by atoms with E-state index in [9.17, 15) is 27.6 Å². The normalized spacial score (nSPS) is 12.6. The maximum Gasteiger partial charge on any atom is 0.397 e. The Morgan fingerprint density at radius 1 is 0.762 bits per heavy atom. The molecule has 224 valence electrons. The van der Waals surface area contributed by atoms with Crippen molar-refractivity contribution in [3.63, 3.8) is 0 Å². The van der Waals surface area contributed by atoms with Crippen LogP contribution >= 0.6 is 0 Å². The minimum atomic E-state index is -4.75. The number of carbonyl (C=O) groups excluding carboxylic acids is 3. The standard InChI is InChI=1S/C31H35F3N4O4/c1-2-42-25-14-12-22(13-15-25)17-27(37-28(39)18-31(32,33)34)30(41)38-26(16-21-6-4-3-5-7-21)29(40)36-20-24-10-8-23(19-35)9-11-24/h3-15,26-27H,2,16-20,35H2,1H3,(H,36,40)(H,37,39)(H,38,41)/t26-,27+/m0/s1. The number of amides is 3. The van der Waals surface area contributed by atoms with Crippen molar-refractivity contribution in [2.45, 2.75) is 57.5 Å². The van der Waals surface area contributed by atoms with Gasteiger partial charge in [-0.1, -0.05) is 66.7 Å². The molecule has 3 aromatic rings. The molecule has 2 atom stereocenters. The van der Waals surface area contributed by atoms with Gasteiger partial charge in [0.1, 0.15) is 24.3 Å². The Labute approximate surface area is 242 Å². The van der Waals surface area contributed by atoms with Gasteiger partial charge in [0.05, 0.1) is 6.61 Å². The summed E-state index contributed by atoms with van der Waals surface area (Å²) in [6.07, 6.45) is -6.47. The molecule has 0 aliphatic heterocycles. The summed E-state index contributed by atoms with van der Waals surface area (Å²) in [7, 11) is 0. The first-order valence-electron chi connectivity index (χ1n) is 13.5. The largest absolute Gasteiger partial charge is 0.494 e. The number of hydrogen-bond acceptors (Lipinski definition) is 5. The zero-order valence-corrected chi connectivity index (χ0v) is 23.2. The fourth-order valence-electron chi connectivity index (χ4n) is 4.20. The Bertz CT molecular complexity index is 1300. The third-order valence-corrected chi connectivity index (χ3v) is 6.33. The second-order valence-electron chi connectivity index (χ2n) is 9.68. The Morgan fingerprint density at radius 3 is 1.88 bits per heavy atom. The maximum absolute atomic E-state index is 13.4. The van der Waals surface area contributed by atoms with Crippen LogP contribution in [-0.4, -0.2) is 42.6 Å². The molecule has 8 nitrogen and oxygen atoms in total. The van der Waals surface area contributed by atoms with Crippen molar-refractivity contribution in [2.24, 2.45) is 5.73 Å². The summed E-state index contributed by atoms with van der Waals surface area (Å²) in [5.41, 5.74) is 8.73. The first kappa shape index (κ1) is 32.1. The van der Waals surface area contributed by atoms with Gasteiger partial charge in [0.2, 0.25) is 17.7 Å². The molecule has 0 bridgehead atoms. The molecule has 3 aromatic carbocycles. The van der Waals surface area contributed by atoms with Crippen molar-refractivity contribution in [2.75, 3.05) is 6.61 Å². The van der Waals surface area contributed by atoms with Crippen LogP contribution in [0.4, 0.5) is 13.2 Å². The Hall–Kier alpha value is -4.38. The van der Waals surface area contributed by atoms with Crippen molar-refractivity contribution in [1.82, 2.24) is 16.0 Å². The van der Waals surface area contributed by atoms with E-state index in [0.717, 1.165) is 16.7 Å². The van der Waals surface area contributed by atoms with Crippen molar-refractivity contribution in [3.8, 4) is 5.75 Å². The molecular formula is C31H35F3N4O4. The minimum absolute atomic E-state index is 0.102. The van der Waals surface area contributed by atoms with E-state index < -0.39 is 42.4 Å². The molecule has 0 aliphatic rings. The lowest BCUT2D eigenvalue weighted by atomic mass is 10.0. The van der Waals surface area contributed by atoms with E-state index in [0.29, 0.717) is 24.5 Å². The minimum Gasteiger partial charge on any atom is -0.494 e. The van der Waals surface area contributed by atoms with Gasteiger partial charge >= 0.3 is 6.18 Å². The van der Waals surface area contributed by atoms with E-state index in [-0.39, 0.29) is 19.4 Å². The lowest BCUT2D eigenvalue weighted by molar-refractivity contribution is -0.155. The van der Waals surface area contributed by atoms with Crippen molar-refractivity contribution in [3.05, 3.63) is 101 Å². The number of ether oxygens (including phenoxy) is 1. The molecule has 3 rings (SSSR count). The lowest BCUT2D eigenvalue weighted by Crippen LogP contribution is -2.55. The number of carbonyl (C=O) groups is 3. The van der Waals surface area contributed by atoms with Crippen LogP contribution in [0.3, 0.4) is 0 Å². The molecule has 5 N–H and O–H groups in total. The first-order chi connectivity index (χ1) is 20.1. The fraction of sp³-hybridized carbons (Fsp3) is 0.323. The number of alkyl halides is 3. The van der Waals surface area contributed by atoms with Gasteiger partial charge in [0, 0.05) is 25.9 Å². The van der Waals surface area contributed by atoms with Gasteiger partial charge < -0.3 is 26.4 Å². The highest BCUT2D eigenvalue weighted by Gasteiger charge is 2.34. The third kappa shape index (κ3) is 10.9. The summed E-state index contributed by atoms with van der Waals surface area (Å²) in [6, 6.07) is 20.5. The SMILES string of the molecule is CCOc1ccc(C[C@@H](NC(=O)CC(F)(F)F)C(=O)N[C@@H](Cc2ccccc2)C(=O)NCc2ccc(CN)cc2)cc1. The van der Waals surface area contributed by atoms with E-state index in [4.69, 9.17) is 10.5 Å². The molecule has 0 spiro atoms. The van der Waals surface area contributed by atoms with Crippen molar-refractivity contribution in [1.29, 1.82) is 0 Å². The van der Waals surface area contributed by atoms with E-state index in [1.807, 2.05) is 37.3 Å². The number of benzene rings is 3. The highest BCUT2D eigenvalue weighted by atomic mass is 19.4. The van der Waals surface area contributed by atoms with Crippen LogP contribution in [-0.2, 0) is 40.3 Å². The third-order valence-electron chi connectivity index (χ3n) is 6.33. The molecule has 0 saturated heterocycles. The highest BCUT2D eigenvalue weighted by molar-refractivity contribution is 5.92. The molecule has 3 amide bonds. The average molecular weight is 585 g/mol. The smallest absolute Gasteiger partial charge is 0.397 e. The van der Waals surface area contributed by atoms with Gasteiger partial charge in [-0.25, -0.2) is 0 Å². The number of halogens is 3. The predicted molar refractivity (Wildman–Crippen MR) is 152 cm³/mol. The van der Waals surface area contributed by atoms with Gasteiger partial charge in [0.15, 0.2) is 0 Å². The molecule has 0 saturated carbocycles. The molecule has 42 heavy (non-hydrogen) atoms. The highest BCUT2D eigenvalue weighted by Crippen LogP contribution is 2.20. The first-order valence-corrected chi connectivity index (χ1v) is 13.5. The van der Waals surface area contributed by atoms with Crippen LogP contribution in [0.2, 0.25) is 0 Å². The zero-order valence-electron chi connectivity index (χ0n) is 23.2. The second-order valence-corrected chi connectivity index (χ2v) is 9.68. The number of hydrogen-bond donors (Lipinski definition) is 4. The number of nitrogens with one attached hydrogen (secondary N) is 3. The zero-order chi connectivity index (χ0) is 30.5. The number of rotatable bonds is 14. The molecule has 11 heteroatoms. The summed E-state index contributed by atoms with van der Waals surface area (Å²) >= 11 is 0. The van der Waals surface area contributed by atoms with Gasteiger partial charge in [-0.15, -0.1) is 0 Å². The van der Waals surface area contributed by atoms with Gasteiger partial charge in [-0.05, 0) is 41.3 Å². The van der Waals surface area contributed by atoms with Gasteiger partial charge in [-0.3, -0.25) is 14.4 Å². The van der Waals surface area contributed by atoms with E-state index >= 15 is 0 Å². The molecule has 0 unspecified atom stereocenters. The van der Waals surface area contributed by atoms with Crippen LogP contribution in [0.1, 0.15) is 35.6 Å². The van der Waals surface area contributed by atoms with Gasteiger partial charge in [-0.2, -0.15) is 13.2 Å². The van der Waals surface area contributed by atoms with Crippen LogP contribution in [0.25, 0.3) is 0 Å². The molecule has 0 radical (unpaired) electrons. The molecule has 0 aromatic heterocycles. The maximum atomic E-state index is 13.4. The molecule has 0 heterocycles. The summed E-state index contributed by atoms with van der Waals surface area (Å²) in [5.74, 6) is -2.04. The van der Waals surface area contributed by atoms with E-state index in [2.05, 4.69) is 16.0 Å². The van der Waals surface area contributed by atoms with Crippen LogP contribution in [0.5, 0.6) is 5.75 Å². The van der Waals surface area contributed by atoms with Crippen LogP contribution in [0, 0.1) is 0 Å². The molecule has 0 aliphatic carbocycles. The molecule has 0 fully saturated rings. The summed E-state index contributed by atoms with van der Waals surface area (Å²) in [6.45, 7) is 2.84. The van der Waals surface area contributed by atoms with Crippen molar-refractivity contribution < 1.29 is 32.3 Å². The van der Waals surface area contributed by atoms with Crippen LogP contribution in [0.15, 0.2) is 78.9 Å². The predicted octanol–water partition coefficient (Wildman–Crippen LogP) is 3.57. The van der Waals surface area contributed by atoms with Gasteiger partial charge in [0.25, 0.3) is 0 Å². The van der Waals surface area contributed by atoms with E-state index in [1.54, 1.807) is 48.5 Å².